The van der Waals surface area contributed by atoms with Gasteiger partial charge in [-0.1, -0.05) is 20.8 Å². The van der Waals surface area contributed by atoms with Crippen LogP contribution in [0.5, 0.6) is 5.88 Å². The maximum Gasteiger partial charge on any atom is 0.237 e. The highest BCUT2D eigenvalue weighted by Gasteiger charge is 2.18. The number of ether oxygens (including phenoxy) is 1. The molecule has 1 aromatic heterocycles. The fourth-order valence-corrected chi connectivity index (χ4v) is 2.04. The Balaban J connectivity index is 2.51. The highest BCUT2D eigenvalue weighted by atomic mass is 16.5. The molecule has 2 heterocycles. The predicted molar refractivity (Wildman–Crippen MR) is 61.7 cm³/mol. The fraction of sp³-hybridized carbons (Fsp3) is 0.583. The van der Waals surface area contributed by atoms with Gasteiger partial charge in [0, 0.05) is 12.7 Å². The van der Waals surface area contributed by atoms with Crippen LogP contribution in [-0.2, 0) is 6.42 Å². The third-order valence-corrected chi connectivity index (χ3v) is 2.80. The quantitative estimate of drug-likeness (QED) is 0.807. The number of hydrogen-bond donors (Lipinski definition) is 1. The maximum atomic E-state index is 5.53. The lowest BCUT2D eigenvalue weighted by atomic mass is 9.96. The molecule has 0 aromatic carbocycles. The minimum Gasteiger partial charge on any atom is -0.474 e. The molecule has 0 saturated carbocycles. The van der Waals surface area contributed by atoms with Crippen LogP contribution >= 0.6 is 0 Å². The number of aromatic nitrogens is 1. The van der Waals surface area contributed by atoms with Crippen LogP contribution in [0.4, 0.5) is 5.69 Å². The van der Waals surface area contributed by atoms with Crippen molar-refractivity contribution in [2.45, 2.75) is 33.1 Å². The second-order valence-corrected chi connectivity index (χ2v) is 4.16. The van der Waals surface area contributed by atoms with Crippen LogP contribution in [0, 0.1) is 0 Å². The van der Waals surface area contributed by atoms with Crippen molar-refractivity contribution < 1.29 is 4.74 Å². The van der Waals surface area contributed by atoms with Crippen molar-refractivity contribution in [1.82, 2.24) is 4.98 Å². The first-order valence-corrected chi connectivity index (χ1v) is 5.62. The van der Waals surface area contributed by atoms with Crippen molar-refractivity contribution in [3.8, 4) is 5.88 Å². The zero-order valence-electron chi connectivity index (χ0n) is 9.63. The van der Waals surface area contributed by atoms with Gasteiger partial charge in [-0.05, 0) is 23.5 Å². The molecule has 1 aliphatic heterocycles. The lowest BCUT2D eigenvalue weighted by Gasteiger charge is -2.23. The molecule has 2 rings (SSSR count). The molecule has 1 N–H and O–H groups in total. The molecule has 3 heteroatoms. The number of hydrogen-bond acceptors (Lipinski definition) is 3. The standard InChI is InChI=1S/C12H18N2O/c1-4-9-10(8(2)3)7-14-12-11(9)13-5-6-15-12/h7-8,13H,4-6H2,1-3H3. The molecule has 3 nitrogen and oxygen atoms in total. The molecular formula is C12H18N2O. The van der Waals surface area contributed by atoms with E-state index in [1.165, 1.54) is 11.1 Å². The summed E-state index contributed by atoms with van der Waals surface area (Å²) in [5.41, 5.74) is 3.79. The normalized spacial score (nSPS) is 14.4. The average Bonchev–Trinajstić information content (AvgIpc) is 2.27. The van der Waals surface area contributed by atoms with Gasteiger partial charge in [0.1, 0.15) is 12.3 Å². The van der Waals surface area contributed by atoms with E-state index in [9.17, 15) is 0 Å². The van der Waals surface area contributed by atoms with Crippen molar-refractivity contribution in [3.05, 3.63) is 17.3 Å². The van der Waals surface area contributed by atoms with Gasteiger partial charge < -0.3 is 10.1 Å². The Morgan fingerprint density at radius 3 is 3.00 bits per heavy atom. The summed E-state index contributed by atoms with van der Waals surface area (Å²) in [6.45, 7) is 8.17. The second-order valence-electron chi connectivity index (χ2n) is 4.16. The smallest absolute Gasteiger partial charge is 0.237 e. The summed E-state index contributed by atoms with van der Waals surface area (Å²) in [5.74, 6) is 1.28. The Kier molecular flexibility index (Phi) is 2.80. The summed E-state index contributed by atoms with van der Waals surface area (Å²) in [6.07, 6.45) is 2.98. The van der Waals surface area contributed by atoms with Crippen molar-refractivity contribution in [3.63, 3.8) is 0 Å². The highest BCUT2D eigenvalue weighted by Crippen LogP contribution is 2.34. The summed E-state index contributed by atoms with van der Waals surface area (Å²) in [5, 5.41) is 3.39. The molecule has 15 heavy (non-hydrogen) atoms. The number of fused-ring (bicyclic) bond motifs is 1. The van der Waals surface area contributed by atoms with Gasteiger partial charge in [-0.3, -0.25) is 0 Å². The number of rotatable bonds is 2. The summed E-state index contributed by atoms with van der Waals surface area (Å²) in [4.78, 5) is 4.36. The van der Waals surface area contributed by atoms with Crippen LogP contribution in [-0.4, -0.2) is 18.1 Å². The van der Waals surface area contributed by atoms with E-state index in [2.05, 4.69) is 31.1 Å². The molecule has 0 amide bonds. The second kappa shape index (κ2) is 4.09. The van der Waals surface area contributed by atoms with Gasteiger partial charge in [-0.2, -0.15) is 0 Å². The van der Waals surface area contributed by atoms with Gasteiger partial charge >= 0.3 is 0 Å². The van der Waals surface area contributed by atoms with E-state index in [1.807, 2.05) is 6.20 Å². The minimum absolute atomic E-state index is 0.515. The molecule has 0 saturated heterocycles. The zero-order chi connectivity index (χ0) is 10.8. The molecule has 82 valence electrons. The number of nitrogens with zero attached hydrogens (tertiary/aromatic N) is 1. The first-order chi connectivity index (χ1) is 7.24. The van der Waals surface area contributed by atoms with Gasteiger partial charge in [0.05, 0.1) is 0 Å². The largest absolute Gasteiger partial charge is 0.474 e. The van der Waals surface area contributed by atoms with E-state index >= 15 is 0 Å². The van der Waals surface area contributed by atoms with E-state index in [-0.39, 0.29) is 0 Å². The van der Waals surface area contributed by atoms with E-state index in [0.29, 0.717) is 12.5 Å². The van der Waals surface area contributed by atoms with Crippen molar-refractivity contribution >= 4 is 5.69 Å². The molecule has 0 fully saturated rings. The minimum atomic E-state index is 0.515. The monoisotopic (exact) mass is 206 g/mol. The summed E-state index contributed by atoms with van der Waals surface area (Å²) in [6, 6.07) is 0. The third-order valence-electron chi connectivity index (χ3n) is 2.80. The molecule has 0 spiro atoms. The van der Waals surface area contributed by atoms with Crippen LogP contribution in [0.2, 0.25) is 0 Å². The van der Waals surface area contributed by atoms with Crippen LogP contribution in [0.15, 0.2) is 6.20 Å². The van der Waals surface area contributed by atoms with Gasteiger partial charge in [0.25, 0.3) is 0 Å². The Bertz CT molecular complexity index is 361. The predicted octanol–water partition coefficient (Wildman–Crippen LogP) is 2.57. The first kappa shape index (κ1) is 10.3. The van der Waals surface area contributed by atoms with E-state index in [1.54, 1.807) is 0 Å². The molecule has 0 radical (unpaired) electrons. The Morgan fingerprint density at radius 2 is 2.33 bits per heavy atom. The summed E-state index contributed by atoms with van der Waals surface area (Å²) < 4.78 is 5.53. The van der Waals surface area contributed by atoms with E-state index in [4.69, 9.17) is 4.74 Å². The zero-order valence-corrected chi connectivity index (χ0v) is 9.63. The van der Waals surface area contributed by atoms with Crippen molar-refractivity contribution in [1.29, 1.82) is 0 Å². The lowest BCUT2D eigenvalue weighted by Crippen LogP contribution is -2.21. The number of nitrogens with one attached hydrogen (secondary N) is 1. The highest BCUT2D eigenvalue weighted by molar-refractivity contribution is 5.62. The van der Waals surface area contributed by atoms with E-state index < -0.39 is 0 Å². The average molecular weight is 206 g/mol. The molecule has 0 aliphatic carbocycles. The molecule has 1 aliphatic rings. The van der Waals surface area contributed by atoms with Crippen LogP contribution in [0.25, 0.3) is 0 Å². The topological polar surface area (TPSA) is 34.2 Å². The summed E-state index contributed by atoms with van der Waals surface area (Å²) in [7, 11) is 0. The molecule has 1 aromatic rings. The molecular weight excluding hydrogens is 188 g/mol. The first-order valence-electron chi connectivity index (χ1n) is 5.62. The number of pyridine rings is 1. The van der Waals surface area contributed by atoms with Gasteiger partial charge in [0.15, 0.2) is 0 Å². The molecule has 0 unspecified atom stereocenters. The SMILES string of the molecule is CCc1c(C(C)C)cnc2c1NCCO2. The van der Waals surface area contributed by atoms with Crippen LogP contribution in [0.1, 0.15) is 37.8 Å². The van der Waals surface area contributed by atoms with Crippen LogP contribution in [0.3, 0.4) is 0 Å². The van der Waals surface area contributed by atoms with Crippen molar-refractivity contribution in [2.75, 3.05) is 18.5 Å². The lowest BCUT2D eigenvalue weighted by molar-refractivity contribution is 0.309. The third kappa shape index (κ3) is 1.78. The Morgan fingerprint density at radius 1 is 1.53 bits per heavy atom. The van der Waals surface area contributed by atoms with E-state index in [0.717, 1.165) is 24.5 Å². The van der Waals surface area contributed by atoms with Gasteiger partial charge in [-0.15, -0.1) is 0 Å². The van der Waals surface area contributed by atoms with Crippen molar-refractivity contribution in [2.24, 2.45) is 0 Å². The molecule has 0 bridgehead atoms. The Labute approximate surface area is 90.9 Å². The van der Waals surface area contributed by atoms with Crippen LogP contribution < -0.4 is 10.1 Å². The maximum absolute atomic E-state index is 5.53. The van der Waals surface area contributed by atoms with Gasteiger partial charge in [-0.25, -0.2) is 4.98 Å². The molecule has 0 atom stereocenters. The fourth-order valence-electron chi connectivity index (χ4n) is 2.04. The summed E-state index contributed by atoms with van der Waals surface area (Å²) >= 11 is 0. The van der Waals surface area contributed by atoms with Gasteiger partial charge in [0.2, 0.25) is 5.88 Å². The Hall–Kier alpha value is -1.25. The number of anilines is 1.